The van der Waals surface area contributed by atoms with E-state index in [1.807, 2.05) is 30.3 Å². The number of carbonyl (C=O) groups is 2. The molecule has 2 N–H and O–H groups in total. The number of sulfonamides is 1. The van der Waals surface area contributed by atoms with Crippen LogP contribution in [0.2, 0.25) is 5.02 Å². The smallest absolute Gasteiger partial charge is 0.255 e. The van der Waals surface area contributed by atoms with Gasteiger partial charge in [-0.25, -0.2) is 8.42 Å². The van der Waals surface area contributed by atoms with Gasteiger partial charge in [0.15, 0.2) is 0 Å². The summed E-state index contributed by atoms with van der Waals surface area (Å²) in [6.07, 6.45) is 1.82. The summed E-state index contributed by atoms with van der Waals surface area (Å²) >= 11 is 5.94. The second-order valence-electron chi connectivity index (χ2n) is 8.93. The van der Waals surface area contributed by atoms with E-state index in [0.29, 0.717) is 40.5 Å². The van der Waals surface area contributed by atoms with Crippen LogP contribution in [-0.2, 0) is 23.0 Å². The van der Waals surface area contributed by atoms with Gasteiger partial charge in [-0.3, -0.25) is 13.9 Å². The van der Waals surface area contributed by atoms with E-state index in [0.717, 1.165) is 17.4 Å². The van der Waals surface area contributed by atoms with E-state index in [2.05, 4.69) is 10.6 Å². The number of nitrogens with one attached hydrogen (secondary N) is 2. The molecule has 7 nitrogen and oxygen atoms in total. The Bertz CT molecular complexity index is 1540. The summed E-state index contributed by atoms with van der Waals surface area (Å²) in [4.78, 5) is 25.8. The highest BCUT2D eigenvalue weighted by atomic mass is 35.5. The Kier molecular flexibility index (Phi) is 9.01. The summed E-state index contributed by atoms with van der Waals surface area (Å²) in [6, 6.07) is 29.8. The van der Waals surface area contributed by atoms with Crippen molar-refractivity contribution in [3.05, 3.63) is 130 Å². The van der Waals surface area contributed by atoms with Gasteiger partial charge in [-0.15, -0.1) is 0 Å². The van der Waals surface area contributed by atoms with E-state index in [9.17, 15) is 18.0 Å². The maximum absolute atomic E-state index is 13.0. The van der Waals surface area contributed by atoms with Gasteiger partial charge in [0.1, 0.15) is 0 Å². The fourth-order valence-corrected chi connectivity index (χ4v) is 4.99. The number of hydrogen-bond acceptors (Lipinski definition) is 4. The molecule has 0 atom stereocenters. The average molecular weight is 562 g/mol. The minimum absolute atomic E-state index is 0.119. The Morgan fingerprint density at radius 1 is 0.769 bits per heavy atom. The number of amides is 2. The first kappa shape index (κ1) is 27.9. The Morgan fingerprint density at radius 3 is 2.08 bits per heavy atom. The minimum atomic E-state index is -3.59. The second-order valence-corrected chi connectivity index (χ2v) is 11.3. The molecule has 0 aliphatic rings. The number of anilines is 2. The molecule has 0 aliphatic heterocycles. The van der Waals surface area contributed by atoms with E-state index in [1.165, 1.54) is 4.31 Å². The number of carbonyl (C=O) groups excluding carboxylic acids is 2. The van der Waals surface area contributed by atoms with Crippen molar-refractivity contribution >= 4 is 44.8 Å². The van der Waals surface area contributed by atoms with Gasteiger partial charge < -0.3 is 10.6 Å². The highest BCUT2D eigenvalue weighted by Gasteiger charge is 2.19. The molecule has 39 heavy (non-hydrogen) atoms. The molecule has 0 bridgehead atoms. The van der Waals surface area contributed by atoms with Gasteiger partial charge in [0.2, 0.25) is 10.0 Å². The van der Waals surface area contributed by atoms with Crippen LogP contribution in [0.5, 0.6) is 0 Å². The van der Waals surface area contributed by atoms with Crippen molar-refractivity contribution in [2.45, 2.75) is 13.0 Å². The van der Waals surface area contributed by atoms with Crippen LogP contribution in [0.3, 0.4) is 0 Å². The predicted octanol–water partition coefficient (Wildman–Crippen LogP) is 5.53. The zero-order chi connectivity index (χ0) is 27.8. The summed E-state index contributed by atoms with van der Waals surface area (Å²) in [5.41, 5.74) is 3.35. The molecule has 9 heteroatoms. The molecule has 0 aliphatic carbocycles. The lowest BCUT2D eigenvalue weighted by molar-refractivity contribution is 0.0955. The summed E-state index contributed by atoms with van der Waals surface area (Å²) in [5.74, 6) is -0.710. The van der Waals surface area contributed by atoms with Crippen LogP contribution in [-0.4, -0.2) is 33.0 Å². The van der Waals surface area contributed by atoms with Crippen molar-refractivity contribution in [3.8, 4) is 0 Å². The highest BCUT2D eigenvalue weighted by molar-refractivity contribution is 7.92. The van der Waals surface area contributed by atoms with Gasteiger partial charge in [0.05, 0.1) is 29.7 Å². The van der Waals surface area contributed by atoms with E-state index in [-0.39, 0.29) is 12.5 Å². The SMILES string of the molecule is CS(=O)(=O)N(Cc1ccc(Cl)cc1)c1ccc(C(=O)Nc2ccccc2C(=O)NCCc2ccccc2)cc1. The molecule has 0 saturated carbocycles. The van der Waals surface area contributed by atoms with Crippen molar-refractivity contribution in [1.82, 2.24) is 5.32 Å². The van der Waals surface area contributed by atoms with Crippen LogP contribution in [0.15, 0.2) is 103 Å². The second kappa shape index (κ2) is 12.6. The van der Waals surface area contributed by atoms with Crippen LogP contribution < -0.4 is 14.9 Å². The third-order valence-electron chi connectivity index (χ3n) is 6.02. The van der Waals surface area contributed by atoms with Crippen molar-refractivity contribution in [2.24, 2.45) is 0 Å². The van der Waals surface area contributed by atoms with Gasteiger partial charge in [0.25, 0.3) is 11.8 Å². The van der Waals surface area contributed by atoms with Crippen LogP contribution in [0, 0.1) is 0 Å². The summed E-state index contributed by atoms with van der Waals surface area (Å²) in [6.45, 7) is 0.577. The largest absolute Gasteiger partial charge is 0.352 e. The zero-order valence-electron chi connectivity index (χ0n) is 21.3. The fourth-order valence-electron chi connectivity index (χ4n) is 3.98. The third kappa shape index (κ3) is 7.69. The maximum Gasteiger partial charge on any atom is 0.255 e. The van der Waals surface area contributed by atoms with Crippen molar-refractivity contribution in [3.63, 3.8) is 0 Å². The van der Waals surface area contributed by atoms with Gasteiger partial charge >= 0.3 is 0 Å². The van der Waals surface area contributed by atoms with Crippen LogP contribution >= 0.6 is 11.6 Å². The first-order chi connectivity index (χ1) is 18.7. The quantitative estimate of drug-likeness (QED) is 0.266. The molecule has 0 radical (unpaired) electrons. The number of nitrogens with zero attached hydrogens (tertiary/aromatic N) is 1. The average Bonchev–Trinajstić information content (AvgIpc) is 2.93. The molecule has 4 rings (SSSR count). The monoisotopic (exact) mass is 561 g/mol. The lowest BCUT2D eigenvalue weighted by Gasteiger charge is -2.23. The Hall–Kier alpha value is -4.14. The van der Waals surface area contributed by atoms with E-state index in [4.69, 9.17) is 11.6 Å². The molecule has 0 heterocycles. The minimum Gasteiger partial charge on any atom is -0.352 e. The first-order valence-corrected chi connectivity index (χ1v) is 14.5. The molecule has 0 unspecified atom stereocenters. The molecule has 0 spiro atoms. The summed E-state index contributed by atoms with van der Waals surface area (Å²) in [5, 5.41) is 6.25. The van der Waals surface area contributed by atoms with Crippen LogP contribution in [0.25, 0.3) is 0 Å². The van der Waals surface area contributed by atoms with Gasteiger partial charge in [-0.2, -0.15) is 0 Å². The van der Waals surface area contributed by atoms with E-state index < -0.39 is 15.9 Å². The number of hydrogen-bond donors (Lipinski definition) is 2. The molecule has 0 aromatic heterocycles. The summed E-state index contributed by atoms with van der Waals surface area (Å²) in [7, 11) is -3.59. The molecule has 4 aromatic carbocycles. The van der Waals surface area contributed by atoms with Crippen LogP contribution in [0.1, 0.15) is 31.8 Å². The van der Waals surface area contributed by atoms with E-state index in [1.54, 1.807) is 72.8 Å². The van der Waals surface area contributed by atoms with E-state index >= 15 is 0 Å². The number of rotatable bonds is 10. The van der Waals surface area contributed by atoms with Gasteiger partial charge in [-0.05, 0) is 66.1 Å². The molecular weight excluding hydrogens is 534 g/mol. The molecule has 200 valence electrons. The van der Waals surface area contributed by atoms with Crippen molar-refractivity contribution in [2.75, 3.05) is 22.4 Å². The summed E-state index contributed by atoms with van der Waals surface area (Å²) < 4.78 is 26.3. The maximum atomic E-state index is 13.0. The Balaban J connectivity index is 1.44. The Labute approximate surface area is 233 Å². The third-order valence-corrected chi connectivity index (χ3v) is 7.41. The van der Waals surface area contributed by atoms with Gasteiger partial charge in [0, 0.05) is 17.1 Å². The number of benzene rings is 4. The molecule has 0 fully saturated rings. The number of para-hydroxylation sites is 1. The Morgan fingerprint density at radius 2 is 1.41 bits per heavy atom. The standard InChI is InChI=1S/C30H28ClN3O4S/c1-39(37,38)34(21-23-11-15-25(31)16-12-23)26-17-13-24(14-18-26)29(35)33-28-10-6-5-9-27(28)30(36)32-20-19-22-7-3-2-4-8-22/h2-18H,19-21H2,1H3,(H,32,36)(H,33,35). The number of halogens is 1. The topological polar surface area (TPSA) is 95.6 Å². The van der Waals surface area contributed by atoms with Gasteiger partial charge in [-0.1, -0.05) is 66.2 Å². The molecular formula is C30H28ClN3O4S. The molecule has 4 aromatic rings. The molecule has 0 saturated heterocycles. The highest BCUT2D eigenvalue weighted by Crippen LogP contribution is 2.23. The lowest BCUT2D eigenvalue weighted by atomic mass is 10.1. The predicted molar refractivity (Wildman–Crippen MR) is 156 cm³/mol. The van der Waals surface area contributed by atoms with Crippen LogP contribution in [0.4, 0.5) is 11.4 Å². The fraction of sp³-hybridized carbons (Fsp3) is 0.133. The normalized spacial score (nSPS) is 11.0. The lowest BCUT2D eigenvalue weighted by Crippen LogP contribution is -2.29. The van der Waals surface area contributed by atoms with Crippen molar-refractivity contribution in [1.29, 1.82) is 0 Å². The van der Waals surface area contributed by atoms with Crippen molar-refractivity contribution < 1.29 is 18.0 Å². The first-order valence-electron chi connectivity index (χ1n) is 12.3. The molecule has 2 amide bonds. The zero-order valence-corrected chi connectivity index (χ0v) is 22.9.